The van der Waals surface area contributed by atoms with Crippen molar-refractivity contribution in [2.24, 2.45) is 5.11 Å². The summed E-state index contributed by atoms with van der Waals surface area (Å²) >= 11 is 5.64. The lowest BCUT2D eigenvalue weighted by atomic mass is 10.4. The van der Waals surface area contributed by atoms with E-state index in [1.54, 1.807) is 12.2 Å². The largest absolute Gasteiger partial charge is 0.381 e. The fourth-order valence-electron chi connectivity index (χ4n) is 0.726. The van der Waals surface area contributed by atoms with E-state index in [9.17, 15) is 0 Å². The molecule has 1 aromatic heterocycles. The molecule has 0 saturated carbocycles. The third-order valence-corrected chi connectivity index (χ3v) is 1.59. The standard InChI is InChI=1S/C7H7ClN6/c8-6-7(9)11-4-5(13-6)2-1-3-12-14-10/h1-2,4H,3H2,(H2,9,11). The summed E-state index contributed by atoms with van der Waals surface area (Å²) in [6, 6.07) is 0. The van der Waals surface area contributed by atoms with Gasteiger partial charge in [-0.15, -0.1) is 0 Å². The van der Waals surface area contributed by atoms with Crippen molar-refractivity contribution in [2.75, 3.05) is 12.3 Å². The van der Waals surface area contributed by atoms with Crippen LogP contribution < -0.4 is 5.73 Å². The SMILES string of the molecule is [N-]=[N+]=NCC=Cc1cnc(N)c(Cl)n1. The summed E-state index contributed by atoms with van der Waals surface area (Å²) in [5.41, 5.74) is 13.9. The van der Waals surface area contributed by atoms with Crippen LogP contribution in [-0.2, 0) is 0 Å². The van der Waals surface area contributed by atoms with E-state index in [0.717, 1.165) is 0 Å². The summed E-state index contributed by atoms with van der Waals surface area (Å²) in [7, 11) is 0. The molecule has 72 valence electrons. The summed E-state index contributed by atoms with van der Waals surface area (Å²) in [5, 5.41) is 3.48. The first-order chi connectivity index (χ1) is 6.74. The molecule has 0 aromatic carbocycles. The molecule has 6 nitrogen and oxygen atoms in total. The maximum Gasteiger partial charge on any atom is 0.171 e. The van der Waals surface area contributed by atoms with Crippen LogP contribution in [0.1, 0.15) is 5.69 Å². The molecule has 0 saturated heterocycles. The van der Waals surface area contributed by atoms with E-state index in [1.165, 1.54) is 6.20 Å². The van der Waals surface area contributed by atoms with Crippen molar-refractivity contribution < 1.29 is 0 Å². The third kappa shape index (κ3) is 2.93. The molecule has 14 heavy (non-hydrogen) atoms. The molecule has 0 atom stereocenters. The monoisotopic (exact) mass is 210 g/mol. The minimum absolute atomic E-state index is 0.163. The normalized spacial score (nSPS) is 10.1. The molecule has 7 heteroatoms. The molecular weight excluding hydrogens is 204 g/mol. The first kappa shape index (κ1) is 10.3. The maximum atomic E-state index is 8.00. The highest BCUT2D eigenvalue weighted by Crippen LogP contribution is 2.12. The molecule has 2 N–H and O–H groups in total. The Kier molecular flexibility index (Phi) is 3.72. The number of nitrogens with zero attached hydrogens (tertiary/aromatic N) is 5. The number of nitrogens with two attached hydrogens (primary N) is 1. The Hall–Kier alpha value is -1.78. The zero-order valence-corrected chi connectivity index (χ0v) is 7.89. The minimum atomic E-state index is 0.163. The summed E-state index contributed by atoms with van der Waals surface area (Å²) in [4.78, 5) is 10.3. The van der Waals surface area contributed by atoms with Crippen LogP contribution >= 0.6 is 11.6 Å². The molecule has 1 aromatic rings. The number of aromatic nitrogens is 2. The van der Waals surface area contributed by atoms with E-state index in [4.69, 9.17) is 22.9 Å². The molecule has 0 amide bonds. The second kappa shape index (κ2) is 5.06. The smallest absolute Gasteiger partial charge is 0.171 e. The third-order valence-electron chi connectivity index (χ3n) is 1.31. The van der Waals surface area contributed by atoms with Crippen LogP contribution in [0.25, 0.3) is 16.5 Å². The maximum absolute atomic E-state index is 8.00. The molecule has 0 aliphatic rings. The molecule has 0 radical (unpaired) electrons. The second-order valence-corrected chi connectivity index (χ2v) is 2.64. The van der Waals surface area contributed by atoms with Crippen LogP contribution in [0.4, 0.5) is 5.82 Å². The predicted octanol–water partition coefficient (Wildman–Crippen LogP) is 2.04. The molecule has 0 fully saturated rings. The average Bonchev–Trinajstić information content (AvgIpc) is 2.18. The summed E-state index contributed by atoms with van der Waals surface area (Å²) < 4.78 is 0. The lowest BCUT2D eigenvalue weighted by Crippen LogP contribution is -1.94. The van der Waals surface area contributed by atoms with Crippen molar-refractivity contribution in [3.63, 3.8) is 0 Å². The van der Waals surface area contributed by atoms with Gasteiger partial charge in [0.25, 0.3) is 0 Å². The number of hydrogen-bond donors (Lipinski definition) is 1. The quantitative estimate of drug-likeness (QED) is 0.469. The van der Waals surface area contributed by atoms with Crippen LogP contribution in [0.15, 0.2) is 17.4 Å². The molecule has 0 unspecified atom stereocenters. The topological polar surface area (TPSA) is 101 Å². The number of hydrogen-bond acceptors (Lipinski definition) is 4. The predicted molar refractivity (Wildman–Crippen MR) is 54.5 cm³/mol. The van der Waals surface area contributed by atoms with Gasteiger partial charge in [-0.3, -0.25) is 0 Å². The van der Waals surface area contributed by atoms with E-state index in [0.29, 0.717) is 5.69 Å². The first-order valence-electron chi connectivity index (χ1n) is 3.69. The second-order valence-electron chi connectivity index (χ2n) is 2.29. The van der Waals surface area contributed by atoms with Crippen LogP contribution in [0.3, 0.4) is 0 Å². The van der Waals surface area contributed by atoms with Gasteiger partial charge in [0.05, 0.1) is 11.9 Å². The van der Waals surface area contributed by atoms with Gasteiger partial charge in [-0.2, -0.15) is 0 Å². The van der Waals surface area contributed by atoms with Crippen molar-refractivity contribution in [3.05, 3.63) is 33.6 Å². The molecule has 0 aliphatic carbocycles. The van der Waals surface area contributed by atoms with Gasteiger partial charge in [0, 0.05) is 11.5 Å². The lowest BCUT2D eigenvalue weighted by Gasteiger charge is -1.96. The van der Waals surface area contributed by atoms with Gasteiger partial charge in [-0.25, -0.2) is 9.97 Å². The van der Waals surface area contributed by atoms with Crippen molar-refractivity contribution in [1.82, 2.24) is 9.97 Å². The minimum Gasteiger partial charge on any atom is -0.381 e. The zero-order valence-electron chi connectivity index (χ0n) is 7.13. The highest BCUT2D eigenvalue weighted by atomic mass is 35.5. The highest BCUT2D eigenvalue weighted by Gasteiger charge is 1.97. The van der Waals surface area contributed by atoms with Gasteiger partial charge in [-0.05, 0) is 11.6 Å². The fraction of sp³-hybridized carbons (Fsp3) is 0.143. The lowest BCUT2D eigenvalue weighted by molar-refractivity contribution is 1.18. The Balaban J connectivity index is 2.72. The molecule has 0 spiro atoms. The number of azide groups is 1. The molecule has 0 bridgehead atoms. The van der Waals surface area contributed by atoms with E-state index in [-0.39, 0.29) is 17.5 Å². The number of anilines is 1. The van der Waals surface area contributed by atoms with Gasteiger partial charge in [0.15, 0.2) is 11.0 Å². The Labute approximate surface area is 85.1 Å². The summed E-state index contributed by atoms with van der Waals surface area (Å²) in [6.45, 7) is 0.264. The highest BCUT2D eigenvalue weighted by molar-refractivity contribution is 6.31. The van der Waals surface area contributed by atoms with Crippen LogP contribution in [0.2, 0.25) is 5.15 Å². The van der Waals surface area contributed by atoms with Crippen LogP contribution in [-0.4, -0.2) is 16.5 Å². The Morgan fingerprint density at radius 1 is 1.71 bits per heavy atom. The molecule has 1 heterocycles. The van der Waals surface area contributed by atoms with Crippen molar-refractivity contribution in [2.45, 2.75) is 0 Å². The van der Waals surface area contributed by atoms with E-state index in [1.807, 2.05) is 0 Å². The van der Waals surface area contributed by atoms with Gasteiger partial charge >= 0.3 is 0 Å². The van der Waals surface area contributed by atoms with Crippen molar-refractivity contribution in [3.8, 4) is 0 Å². The summed E-state index contributed by atoms with van der Waals surface area (Å²) in [5.74, 6) is 0.193. The Morgan fingerprint density at radius 2 is 2.50 bits per heavy atom. The van der Waals surface area contributed by atoms with Crippen LogP contribution in [0, 0.1) is 0 Å². The number of halogens is 1. The van der Waals surface area contributed by atoms with Gasteiger partial charge in [-0.1, -0.05) is 22.8 Å². The first-order valence-corrected chi connectivity index (χ1v) is 4.07. The average molecular weight is 211 g/mol. The molecule has 1 rings (SSSR count). The van der Waals surface area contributed by atoms with E-state index >= 15 is 0 Å². The Morgan fingerprint density at radius 3 is 3.14 bits per heavy atom. The van der Waals surface area contributed by atoms with Crippen molar-refractivity contribution in [1.29, 1.82) is 0 Å². The summed E-state index contributed by atoms with van der Waals surface area (Å²) in [6.07, 6.45) is 4.77. The molecular formula is C7H7ClN6. The van der Waals surface area contributed by atoms with Crippen molar-refractivity contribution >= 4 is 23.5 Å². The fourth-order valence-corrected chi connectivity index (χ4v) is 0.872. The zero-order chi connectivity index (χ0) is 10.4. The number of rotatable bonds is 3. The van der Waals surface area contributed by atoms with Gasteiger partial charge in [0.1, 0.15) is 0 Å². The Bertz CT molecular complexity index is 395. The van der Waals surface area contributed by atoms with Gasteiger partial charge < -0.3 is 5.73 Å². The number of nitrogen functional groups attached to an aromatic ring is 1. The van der Waals surface area contributed by atoms with E-state index in [2.05, 4.69) is 20.0 Å². The van der Waals surface area contributed by atoms with E-state index < -0.39 is 0 Å². The van der Waals surface area contributed by atoms with Gasteiger partial charge in [0.2, 0.25) is 0 Å². The molecule has 0 aliphatic heterocycles. The van der Waals surface area contributed by atoms with Crippen LogP contribution in [0.5, 0.6) is 0 Å².